The van der Waals surface area contributed by atoms with Crippen LogP contribution in [-0.4, -0.2) is 6.54 Å². The van der Waals surface area contributed by atoms with E-state index in [0.29, 0.717) is 11.6 Å². The maximum absolute atomic E-state index is 6.17. The molecule has 1 atom stereocenters. The second kappa shape index (κ2) is 11.8. The third-order valence-electron chi connectivity index (χ3n) is 5.15. The van der Waals surface area contributed by atoms with Crippen molar-refractivity contribution in [2.75, 3.05) is 6.54 Å². The summed E-state index contributed by atoms with van der Waals surface area (Å²) in [6.07, 6.45) is 3.36. The van der Waals surface area contributed by atoms with Crippen LogP contribution >= 0.6 is 0 Å². The van der Waals surface area contributed by atoms with Crippen molar-refractivity contribution in [2.45, 2.75) is 40.2 Å². The van der Waals surface area contributed by atoms with Crippen LogP contribution < -0.4 is 22.5 Å². The van der Waals surface area contributed by atoms with Crippen LogP contribution in [0.3, 0.4) is 0 Å². The van der Waals surface area contributed by atoms with Gasteiger partial charge in [0, 0.05) is 24.7 Å². The molecule has 0 spiro atoms. The summed E-state index contributed by atoms with van der Waals surface area (Å²) >= 11 is 0. The average Bonchev–Trinajstić information content (AvgIpc) is 2.84. The zero-order chi connectivity index (χ0) is 22.8. The normalized spacial score (nSPS) is 15.0. The molecule has 0 radical (unpaired) electrons. The van der Waals surface area contributed by atoms with Crippen LogP contribution in [0.15, 0.2) is 78.6 Å². The van der Waals surface area contributed by atoms with Gasteiger partial charge < -0.3 is 22.5 Å². The molecule has 0 saturated carbocycles. The minimum absolute atomic E-state index is 0.244. The van der Waals surface area contributed by atoms with Gasteiger partial charge in [-0.3, -0.25) is 0 Å². The van der Waals surface area contributed by atoms with Gasteiger partial charge in [0.05, 0.1) is 5.82 Å². The summed E-state index contributed by atoms with van der Waals surface area (Å²) in [5, 5.41) is 6.09. The van der Waals surface area contributed by atoms with Crippen LogP contribution in [0.25, 0.3) is 16.5 Å². The Bertz CT molecular complexity index is 1050. The molecule has 4 nitrogen and oxygen atoms in total. The Morgan fingerprint density at radius 3 is 2.26 bits per heavy atom. The zero-order valence-electron chi connectivity index (χ0n) is 19.2. The zero-order valence-corrected chi connectivity index (χ0v) is 19.2. The summed E-state index contributed by atoms with van der Waals surface area (Å²) in [6.45, 7) is 9.78. The molecule has 0 aliphatic carbocycles. The summed E-state index contributed by atoms with van der Waals surface area (Å²) in [5.74, 6) is 0.575. The van der Waals surface area contributed by atoms with E-state index in [-0.39, 0.29) is 5.82 Å². The Kier molecular flexibility index (Phi) is 9.16. The number of hydrogen-bond acceptors (Lipinski definition) is 4. The lowest BCUT2D eigenvalue weighted by Crippen LogP contribution is -2.29. The average molecular weight is 417 g/mol. The van der Waals surface area contributed by atoms with Crippen molar-refractivity contribution in [3.05, 3.63) is 101 Å². The van der Waals surface area contributed by atoms with E-state index in [0.717, 1.165) is 18.7 Å². The molecule has 1 aliphatic rings. The molecule has 4 heteroatoms. The molecule has 164 valence electrons. The molecule has 0 amide bonds. The molecule has 7 N–H and O–H groups in total. The smallest absolute Gasteiger partial charge is 0.0934 e. The molecule has 3 aromatic carbocycles. The Morgan fingerprint density at radius 1 is 0.839 bits per heavy atom. The molecule has 0 aromatic heterocycles. The van der Waals surface area contributed by atoms with Crippen LogP contribution in [0.1, 0.15) is 55.9 Å². The summed E-state index contributed by atoms with van der Waals surface area (Å²) in [5.41, 5.74) is 22.7. The quantitative estimate of drug-likeness (QED) is 0.443. The third-order valence-corrected chi connectivity index (χ3v) is 5.15. The van der Waals surface area contributed by atoms with Gasteiger partial charge in [-0.25, -0.2) is 0 Å². The molecule has 0 bridgehead atoms. The number of allylic oxidation sites excluding steroid dienone is 2. The van der Waals surface area contributed by atoms with E-state index < -0.39 is 0 Å². The number of benzene rings is 3. The fourth-order valence-corrected chi connectivity index (χ4v) is 3.74. The minimum Gasteiger partial charge on any atom is -0.398 e. The monoisotopic (exact) mass is 416 g/mol. The summed E-state index contributed by atoms with van der Waals surface area (Å²) in [7, 11) is 0. The van der Waals surface area contributed by atoms with Crippen LogP contribution in [0, 0.1) is 0 Å². The second-order valence-corrected chi connectivity index (χ2v) is 6.99. The van der Waals surface area contributed by atoms with E-state index >= 15 is 0 Å². The van der Waals surface area contributed by atoms with Crippen molar-refractivity contribution >= 4 is 16.5 Å². The fourth-order valence-electron chi connectivity index (χ4n) is 3.74. The van der Waals surface area contributed by atoms with Gasteiger partial charge >= 0.3 is 0 Å². The first-order valence-electron chi connectivity index (χ1n) is 11.1. The van der Waals surface area contributed by atoms with Crippen molar-refractivity contribution < 1.29 is 0 Å². The van der Waals surface area contributed by atoms with E-state index in [2.05, 4.69) is 66.0 Å². The van der Waals surface area contributed by atoms with Crippen molar-refractivity contribution in [3.8, 4) is 0 Å². The highest BCUT2D eigenvalue weighted by molar-refractivity contribution is 5.83. The Balaban J connectivity index is 0.000000807. The number of hydrogen-bond donors (Lipinski definition) is 4. The highest BCUT2D eigenvalue weighted by atomic mass is 14.9. The van der Waals surface area contributed by atoms with Gasteiger partial charge in [0.15, 0.2) is 0 Å². The molecule has 0 fully saturated rings. The van der Waals surface area contributed by atoms with Crippen molar-refractivity contribution in [3.63, 3.8) is 0 Å². The first kappa shape index (κ1) is 24.0. The lowest BCUT2D eigenvalue weighted by atomic mass is 9.84. The molecule has 1 aliphatic heterocycles. The number of rotatable bonds is 3. The molecule has 0 saturated heterocycles. The lowest BCUT2D eigenvalue weighted by Gasteiger charge is -2.27. The van der Waals surface area contributed by atoms with Crippen molar-refractivity contribution in [1.82, 2.24) is 5.32 Å². The maximum atomic E-state index is 6.17. The first-order valence-corrected chi connectivity index (χ1v) is 11.1. The number of nitrogens with one attached hydrogen (secondary N) is 1. The highest BCUT2D eigenvalue weighted by Gasteiger charge is 2.22. The third kappa shape index (κ3) is 5.89. The maximum Gasteiger partial charge on any atom is 0.0934 e. The standard InChI is InChI=1S/C23H24N4.2C2H6/c24-22(9-10-23(25)26)18-7-8-20-19(12-18)13-27-14-21(20)17-6-5-15-3-1-2-4-16(15)11-17;2*1-2/h1-12,21,27H,13-14,24-26H2;2*1-2H3/b22-9-;;/t21-;;/m0../s1. The Labute approximate surface area is 186 Å². The van der Waals surface area contributed by atoms with Crippen molar-refractivity contribution in [1.29, 1.82) is 0 Å². The molecule has 0 unspecified atom stereocenters. The number of nitrogens with two attached hydrogens (primary N) is 3. The van der Waals surface area contributed by atoms with E-state index in [4.69, 9.17) is 17.2 Å². The van der Waals surface area contributed by atoms with Crippen LogP contribution in [-0.2, 0) is 6.54 Å². The second-order valence-electron chi connectivity index (χ2n) is 6.99. The first-order chi connectivity index (χ1) is 15.1. The number of fused-ring (bicyclic) bond motifs is 2. The van der Waals surface area contributed by atoms with Gasteiger partial charge in [0.1, 0.15) is 0 Å². The van der Waals surface area contributed by atoms with E-state index in [1.807, 2.05) is 27.7 Å². The summed E-state index contributed by atoms with van der Waals surface area (Å²) in [4.78, 5) is 0. The Hall–Kier alpha value is -3.24. The van der Waals surface area contributed by atoms with Crippen LogP contribution in [0.4, 0.5) is 0 Å². The highest BCUT2D eigenvalue weighted by Crippen LogP contribution is 2.33. The molecule has 4 rings (SSSR count). The SMILES string of the molecule is CC.CC.NC(N)=C/C=C(\N)c1ccc2c(c1)CNC[C@H]2c1ccc2ccccc2c1. The van der Waals surface area contributed by atoms with Gasteiger partial charge in [0.2, 0.25) is 0 Å². The Morgan fingerprint density at radius 2 is 1.55 bits per heavy atom. The predicted octanol–water partition coefficient (Wildman–Crippen LogP) is 5.19. The topological polar surface area (TPSA) is 90.1 Å². The van der Waals surface area contributed by atoms with Crippen LogP contribution in [0.2, 0.25) is 0 Å². The van der Waals surface area contributed by atoms with E-state index in [1.54, 1.807) is 12.2 Å². The van der Waals surface area contributed by atoms with E-state index in [1.165, 1.54) is 27.5 Å². The van der Waals surface area contributed by atoms with Gasteiger partial charge in [-0.1, -0.05) is 82.3 Å². The molecule has 3 aromatic rings. The molecular formula is C27H36N4. The molecule has 1 heterocycles. The van der Waals surface area contributed by atoms with Crippen molar-refractivity contribution in [2.24, 2.45) is 17.2 Å². The van der Waals surface area contributed by atoms with Gasteiger partial charge in [-0.2, -0.15) is 0 Å². The van der Waals surface area contributed by atoms with Crippen LogP contribution in [0.5, 0.6) is 0 Å². The van der Waals surface area contributed by atoms with Gasteiger partial charge in [-0.05, 0) is 51.2 Å². The largest absolute Gasteiger partial charge is 0.398 e. The molecular weight excluding hydrogens is 380 g/mol. The molecule has 31 heavy (non-hydrogen) atoms. The van der Waals surface area contributed by atoms with Gasteiger partial charge in [-0.15, -0.1) is 0 Å². The van der Waals surface area contributed by atoms with E-state index in [9.17, 15) is 0 Å². The van der Waals surface area contributed by atoms with Gasteiger partial charge in [0.25, 0.3) is 0 Å². The summed E-state index contributed by atoms with van der Waals surface area (Å²) in [6, 6.07) is 21.6. The summed E-state index contributed by atoms with van der Waals surface area (Å²) < 4.78 is 0. The predicted molar refractivity (Wildman–Crippen MR) is 135 cm³/mol. The lowest BCUT2D eigenvalue weighted by molar-refractivity contribution is 0.591. The minimum atomic E-state index is 0.244. The fraction of sp³-hybridized carbons (Fsp3) is 0.259.